The Labute approximate surface area is 221 Å². The minimum Gasteiger partial charge on any atom is -0.478 e. The van der Waals surface area contributed by atoms with Gasteiger partial charge in [-0.25, -0.2) is 4.79 Å². The number of nitro groups is 1. The Morgan fingerprint density at radius 1 is 1.22 bits per heavy atom. The second-order valence-corrected chi connectivity index (χ2v) is 10.6. The number of esters is 1. The third kappa shape index (κ3) is 6.00. The maximum atomic E-state index is 13.0. The maximum Gasteiger partial charge on any atom is 0.339 e. The van der Waals surface area contributed by atoms with Gasteiger partial charge in [-0.1, -0.05) is 0 Å². The van der Waals surface area contributed by atoms with E-state index in [1.54, 1.807) is 0 Å². The Bertz CT molecular complexity index is 1240. The number of rotatable bonds is 9. The van der Waals surface area contributed by atoms with Crippen molar-refractivity contribution in [2.45, 2.75) is 44.8 Å². The number of non-ortho nitro benzene ring substituents is 1. The molecule has 0 radical (unpaired) electrons. The lowest BCUT2D eigenvalue weighted by molar-refractivity contribution is -0.384. The zero-order chi connectivity index (χ0) is 26.7. The first-order valence-electron chi connectivity index (χ1n) is 11.7. The van der Waals surface area contributed by atoms with E-state index >= 15 is 0 Å². The minimum absolute atomic E-state index is 0.0990. The molecule has 3 N–H and O–H groups in total. The number of hydrogen-bond donors (Lipinski definition) is 4. The molecule has 2 aliphatic rings. The highest BCUT2D eigenvalue weighted by Gasteiger charge is 2.41. The number of carbonyl (C=O) groups is 4. The minimum atomic E-state index is -1.21. The smallest absolute Gasteiger partial charge is 0.339 e. The van der Waals surface area contributed by atoms with Gasteiger partial charge in [0.25, 0.3) is 5.69 Å². The van der Waals surface area contributed by atoms with E-state index in [-0.39, 0.29) is 30.8 Å². The zero-order valence-electron chi connectivity index (χ0n) is 19.6. The molecule has 196 valence electrons. The topological polar surface area (TPSA) is 165 Å². The fourth-order valence-electron chi connectivity index (χ4n) is 4.75. The van der Waals surface area contributed by atoms with Crippen LogP contribution in [-0.4, -0.2) is 45.6 Å². The van der Waals surface area contributed by atoms with Crippen molar-refractivity contribution in [3.8, 4) is 0 Å². The van der Waals surface area contributed by atoms with Crippen LogP contribution in [0.1, 0.15) is 45.6 Å². The molecule has 4 rings (SSSR count). The number of carboxylic acids is 1. The van der Waals surface area contributed by atoms with Crippen molar-refractivity contribution < 1.29 is 33.9 Å². The van der Waals surface area contributed by atoms with E-state index in [0.717, 1.165) is 29.7 Å². The number of aryl methyl sites for hydroxylation is 1. The number of ether oxygens (including phenoxy) is 1. The Kier molecular flexibility index (Phi) is 8.25. The number of nitrogens with zero attached hydrogens (tertiary/aromatic N) is 1. The van der Waals surface area contributed by atoms with Crippen LogP contribution in [0.3, 0.4) is 0 Å². The zero-order valence-corrected chi connectivity index (χ0v) is 21.3. The first-order valence-corrected chi connectivity index (χ1v) is 13.0. The van der Waals surface area contributed by atoms with Gasteiger partial charge in [-0.15, -0.1) is 24.0 Å². The molecule has 3 atom stereocenters. The predicted molar refractivity (Wildman–Crippen MR) is 137 cm³/mol. The summed E-state index contributed by atoms with van der Waals surface area (Å²) in [7, 11) is 0. The van der Waals surface area contributed by atoms with Crippen molar-refractivity contribution in [2.75, 3.05) is 11.9 Å². The second kappa shape index (κ2) is 11.4. The molecule has 37 heavy (non-hydrogen) atoms. The molecule has 1 aliphatic carbocycles. The molecule has 1 aliphatic heterocycles. The van der Waals surface area contributed by atoms with Gasteiger partial charge in [-0.05, 0) is 61.3 Å². The summed E-state index contributed by atoms with van der Waals surface area (Å²) >= 11 is 5.14. The number of aromatic carboxylic acids is 1. The lowest BCUT2D eigenvalue weighted by Crippen LogP contribution is -2.35. The molecule has 2 aromatic rings. The Morgan fingerprint density at radius 2 is 1.92 bits per heavy atom. The number of hydrogen-bond acceptors (Lipinski definition) is 9. The fourth-order valence-corrected chi connectivity index (χ4v) is 6.35. The number of anilines is 1. The summed E-state index contributed by atoms with van der Waals surface area (Å²) in [5, 5.41) is 25.8. The molecule has 0 bridgehead atoms. The van der Waals surface area contributed by atoms with Gasteiger partial charge in [0.15, 0.2) is 5.12 Å². The van der Waals surface area contributed by atoms with Gasteiger partial charge in [-0.3, -0.25) is 24.5 Å². The summed E-state index contributed by atoms with van der Waals surface area (Å²) in [5.74, 6) is -4.09. The molecule has 2 heterocycles. The van der Waals surface area contributed by atoms with Crippen LogP contribution < -0.4 is 10.6 Å². The van der Waals surface area contributed by atoms with Crippen LogP contribution in [0.5, 0.6) is 0 Å². The van der Waals surface area contributed by atoms with Crippen LogP contribution >= 0.6 is 24.0 Å². The molecule has 3 unspecified atom stereocenters. The summed E-state index contributed by atoms with van der Waals surface area (Å²) in [6, 6.07) is 4.74. The van der Waals surface area contributed by atoms with Crippen molar-refractivity contribution in [3.05, 3.63) is 55.9 Å². The van der Waals surface area contributed by atoms with Crippen molar-refractivity contribution in [1.82, 2.24) is 5.32 Å². The third-order valence-electron chi connectivity index (χ3n) is 6.62. The Balaban J connectivity index is 1.38. The number of thiol groups is 1. The number of carboxylic acid groups (broad SMARTS) is 1. The summed E-state index contributed by atoms with van der Waals surface area (Å²) in [4.78, 5) is 61.0. The maximum absolute atomic E-state index is 13.0. The average molecular weight is 548 g/mol. The number of nitrogens with one attached hydrogen (secondary N) is 2. The van der Waals surface area contributed by atoms with E-state index in [9.17, 15) is 34.4 Å². The fraction of sp³-hybridized carbons (Fsp3) is 0.417. The highest BCUT2D eigenvalue weighted by molar-refractivity contribution is 7.96. The molecule has 1 aromatic carbocycles. The first-order chi connectivity index (χ1) is 17.7. The van der Waals surface area contributed by atoms with E-state index in [0.29, 0.717) is 17.0 Å². The van der Waals surface area contributed by atoms with Crippen LogP contribution in [0.15, 0.2) is 24.3 Å². The van der Waals surface area contributed by atoms with Gasteiger partial charge >= 0.3 is 11.9 Å². The lowest BCUT2D eigenvalue weighted by Gasteiger charge is -2.18. The second-order valence-electron chi connectivity index (χ2n) is 9.01. The highest BCUT2D eigenvalue weighted by atomic mass is 32.1. The van der Waals surface area contributed by atoms with E-state index in [1.807, 2.05) is 0 Å². The number of nitro benzene ring substituents is 1. The first kappa shape index (κ1) is 26.8. The van der Waals surface area contributed by atoms with Gasteiger partial charge in [0.05, 0.1) is 16.5 Å². The summed E-state index contributed by atoms with van der Waals surface area (Å²) < 4.78 is 5.27. The predicted octanol–water partition coefficient (Wildman–Crippen LogP) is 2.97. The number of thiophene rings is 1. The quantitative estimate of drug-likeness (QED) is 0.121. The molecule has 1 amide bonds. The van der Waals surface area contributed by atoms with Crippen LogP contribution in [0.2, 0.25) is 0 Å². The van der Waals surface area contributed by atoms with Gasteiger partial charge < -0.3 is 20.5 Å². The summed E-state index contributed by atoms with van der Waals surface area (Å²) in [6.07, 6.45) is 3.49. The van der Waals surface area contributed by atoms with Crippen LogP contribution in [-0.2, 0) is 38.6 Å². The van der Waals surface area contributed by atoms with Crippen molar-refractivity contribution in [3.63, 3.8) is 0 Å². The van der Waals surface area contributed by atoms with Gasteiger partial charge in [0.1, 0.15) is 17.5 Å². The Morgan fingerprint density at radius 3 is 2.57 bits per heavy atom. The normalized spacial score (nSPS) is 19.5. The van der Waals surface area contributed by atoms with Gasteiger partial charge in [0, 0.05) is 23.6 Å². The number of benzene rings is 1. The standard InChI is InChI=1S/C24H25N3O8S2/c28-20(26-21-19(22(29)30)15-3-1-2-4-17(15)37-21)16-9-13(10-25-16)18(24(32)36)23(31)35-11-12-5-7-14(8-6-12)27(33)34/h5-8,13,16,18,25H,1-4,9-11H2,(H,26,28)(H,29,30)(H,32,36). The van der Waals surface area contributed by atoms with Crippen molar-refractivity contribution in [1.29, 1.82) is 0 Å². The van der Waals surface area contributed by atoms with E-state index in [4.69, 9.17) is 4.74 Å². The number of amides is 1. The van der Waals surface area contributed by atoms with Crippen LogP contribution in [0.25, 0.3) is 0 Å². The van der Waals surface area contributed by atoms with Gasteiger partial charge in [0.2, 0.25) is 5.91 Å². The lowest BCUT2D eigenvalue weighted by atomic mass is 9.90. The third-order valence-corrected chi connectivity index (χ3v) is 8.11. The average Bonchev–Trinajstić information content (AvgIpc) is 3.47. The number of carbonyl (C=O) groups excluding carboxylic acids is 3. The molecule has 1 aromatic heterocycles. The molecule has 13 heteroatoms. The van der Waals surface area contributed by atoms with E-state index in [2.05, 4.69) is 23.3 Å². The van der Waals surface area contributed by atoms with Crippen LogP contribution in [0, 0.1) is 22.0 Å². The summed E-state index contributed by atoms with van der Waals surface area (Å²) in [6.45, 7) is 0.00781. The molecule has 0 saturated carbocycles. The Hall–Kier alpha value is -3.29. The molecule has 0 spiro atoms. The SMILES string of the molecule is O=C(O)c1c(NC(=O)C2CC(C(C(=O)S)C(=O)OCc3ccc([N+](=O)[O-])cc3)CN2)sc2c1CCCC2. The highest BCUT2D eigenvalue weighted by Crippen LogP contribution is 2.38. The molecule has 11 nitrogen and oxygen atoms in total. The van der Waals surface area contributed by atoms with E-state index < -0.39 is 45.8 Å². The molecular formula is C24H25N3O8S2. The largest absolute Gasteiger partial charge is 0.478 e. The molecule has 1 saturated heterocycles. The van der Waals surface area contributed by atoms with Crippen LogP contribution in [0.4, 0.5) is 10.7 Å². The molecular weight excluding hydrogens is 522 g/mol. The van der Waals surface area contributed by atoms with Crippen molar-refractivity contribution >= 4 is 57.6 Å². The summed E-state index contributed by atoms with van der Waals surface area (Å²) in [5.41, 5.74) is 1.34. The van der Waals surface area contributed by atoms with Crippen molar-refractivity contribution in [2.24, 2.45) is 11.8 Å². The monoisotopic (exact) mass is 547 g/mol. The van der Waals surface area contributed by atoms with E-state index in [1.165, 1.54) is 35.6 Å². The molecule has 1 fully saturated rings. The number of fused-ring (bicyclic) bond motifs is 1. The van der Waals surface area contributed by atoms with Gasteiger partial charge in [-0.2, -0.15) is 0 Å².